The summed E-state index contributed by atoms with van der Waals surface area (Å²) in [5.74, 6) is -3.04. The minimum Gasteiger partial charge on any atom is -0.477 e. The quantitative estimate of drug-likeness (QED) is 0.383. The number of carboxylic acid groups (broad SMARTS) is 1. The smallest absolute Gasteiger partial charge is 0.354 e. The maximum atomic E-state index is 13.9. The highest BCUT2D eigenvalue weighted by atomic mass is 19.1. The van der Waals surface area contributed by atoms with Crippen molar-refractivity contribution in [2.75, 3.05) is 13.7 Å². The van der Waals surface area contributed by atoms with Gasteiger partial charge in [0.1, 0.15) is 11.5 Å². The number of esters is 1. The number of nitrogens with zero attached hydrogens (tertiary/aromatic N) is 3. The van der Waals surface area contributed by atoms with Gasteiger partial charge in [0.05, 0.1) is 18.7 Å². The van der Waals surface area contributed by atoms with Crippen LogP contribution in [0, 0.1) is 29.4 Å². The third kappa shape index (κ3) is 5.96. The molecule has 3 aromatic rings. The Bertz CT molecular complexity index is 1400. The van der Waals surface area contributed by atoms with Gasteiger partial charge in [-0.2, -0.15) is 5.10 Å². The summed E-state index contributed by atoms with van der Waals surface area (Å²) in [6.07, 6.45) is 5.45. The first-order valence-electron chi connectivity index (χ1n) is 12.6. The molecule has 3 fully saturated rings. The van der Waals surface area contributed by atoms with Crippen LogP contribution in [0.4, 0.5) is 8.78 Å². The Kier molecular flexibility index (Phi) is 9.24. The number of fused-ring (bicyclic) bond motifs is 4. The fourth-order valence-corrected chi connectivity index (χ4v) is 5.45. The molecule has 1 amide bonds. The zero-order valence-electron chi connectivity index (χ0n) is 21.8. The number of aromatic carboxylic acids is 1. The normalized spacial score (nSPS) is 21.1. The number of carbonyl (C=O) groups is 3. The molecule has 40 heavy (non-hydrogen) atoms. The summed E-state index contributed by atoms with van der Waals surface area (Å²) in [6, 6.07) is 5.98. The minimum absolute atomic E-state index is 0. The first kappa shape index (κ1) is 30.6. The molecule has 10 nitrogen and oxygen atoms in total. The maximum Gasteiger partial charge on any atom is 0.354 e. The summed E-state index contributed by atoms with van der Waals surface area (Å²) in [5, 5.41) is 15.8. The van der Waals surface area contributed by atoms with Crippen LogP contribution >= 0.6 is 0 Å². The van der Waals surface area contributed by atoms with Crippen molar-refractivity contribution in [3.8, 4) is 0 Å². The number of halogens is 2. The number of nitrogens with one attached hydrogen (secondary N) is 1. The molecule has 0 radical (unpaired) electrons. The first-order chi connectivity index (χ1) is 18.5. The van der Waals surface area contributed by atoms with E-state index in [4.69, 9.17) is 10.5 Å². The molecule has 6 rings (SSSR count). The van der Waals surface area contributed by atoms with E-state index in [1.807, 2.05) is 0 Å². The molecule has 2 heterocycles. The van der Waals surface area contributed by atoms with Crippen molar-refractivity contribution in [1.29, 1.82) is 0 Å². The lowest BCUT2D eigenvalue weighted by Crippen LogP contribution is -2.50. The predicted octanol–water partition coefficient (Wildman–Crippen LogP) is 4.04. The summed E-state index contributed by atoms with van der Waals surface area (Å²) >= 11 is 0. The molecule has 4 N–H and O–H groups in total. The number of carbonyl (C=O) groups excluding carboxylic acids is 2. The van der Waals surface area contributed by atoms with E-state index >= 15 is 0 Å². The molecular formula is C28H35F2N5O5. The second-order valence-corrected chi connectivity index (χ2v) is 10.3. The number of rotatable bonds is 6. The lowest BCUT2D eigenvalue weighted by atomic mass is 9.53. The highest BCUT2D eigenvalue weighted by molar-refractivity contribution is 5.96. The standard InChI is InChI=1S/C19H21FN4O5.C8H10FN.CH4/c1-29-17(28)19-5-2-18(3-6-19,4-7-19)10-21-15(25)13-8-12(16(26)27)23-14-11(20)9-22-24(13)14;1-6-4-7(5-10)2-3-8(6)9;/h8-9H,2-7,10H2,1H3,(H,21,25)(H,26,27);2-4H,5,10H2,1H3;1H4. The van der Waals surface area contributed by atoms with E-state index in [9.17, 15) is 28.3 Å². The van der Waals surface area contributed by atoms with Gasteiger partial charge >= 0.3 is 11.9 Å². The van der Waals surface area contributed by atoms with Crippen LogP contribution in [0.15, 0.2) is 30.5 Å². The predicted molar refractivity (Wildman–Crippen MR) is 143 cm³/mol. The van der Waals surface area contributed by atoms with Crippen molar-refractivity contribution in [2.45, 2.75) is 59.4 Å². The lowest BCUT2D eigenvalue weighted by Gasteiger charge is -2.51. The topological polar surface area (TPSA) is 149 Å². The van der Waals surface area contributed by atoms with E-state index in [1.54, 1.807) is 19.1 Å². The van der Waals surface area contributed by atoms with Gasteiger partial charge in [0.15, 0.2) is 17.2 Å². The molecule has 0 aliphatic heterocycles. The zero-order valence-corrected chi connectivity index (χ0v) is 21.8. The van der Waals surface area contributed by atoms with Gasteiger partial charge in [0.2, 0.25) is 0 Å². The molecule has 1 aromatic carbocycles. The van der Waals surface area contributed by atoms with E-state index in [0.717, 1.165) is 60.9 Å². The van der Waals surface area contributed by atoms with E-state index in [1.165, 1.54) is 13.2 Å². The van der Waals surface area contributed by atoms with Crippen molar-refractivity contribution in [3.63, 3.8) is 0 Å². The number of aromatic nitrogens is 3. The van der Waals surface area contributed by atoms with Gasteiger partial charge in [-0.05, 0) is 68.1 Å². The number of benzene rings is 1. The number of hydrogen-bond acceptors (Lipinski definition) is 7. The van der Waals surface area contributed by atoms with Gasteiger partial charge < -0.3 is 20.9 Å². The number of methoxy groups -OCH3 is 1. The molecule has 216 valence electrons. The molecule has 12 heteroatoms. The van der Waals surface area contributed by atoms with Crippen LogP contribution in [0.5, 0.6) is 0 Å². The van der Waals surface area contributed by atoms with E-state index in [2.05, 4.69) is 15.4 Å². The number of hydrogen-bond donors (Lipinski definition) is 3. The summed E-state index contributed by atoms with van der Waals surface area (Å²) < 4.78 is 32.4. The van der Waals surface area contributed by atoms with Crippen LogP contribution < -0.4 is 11.1 Å². The number of carboxylic acids is 1. The third-order valence-electron chi connectivity index (χ3n) is 7.98. The zero-order chi connectivity index (χ0) is 28.4. The van der Waals surface area contributed by atoms with Gasteiger partial charge in [-0.1, -0.05) is 19.6 Å². The minimum atomic E-state index is -1.36. The molecule has 3 aliphatic carbocycles. The van der Waals surface area contributed by atoms with Crippen LogP contribution in [0.25, 0.3) is 5.65 Å². The molecule has 2 bridgehead atoms. The second kappa shape index (κ2) is 12.1. The monoisotopic (exact) mass is 559 g/mol. The van der Waals surface area contributed by atoms with Crippen LogP contribution in [-0.2, 0) is 16.1 Å². The molecule has 3 aliphatic rings. The molecule has 0 spiro atoms. The summed E-state index contributed by atoms with van der Waals surface area (Å²) in [6.45, 7) is 2.59. The Hall–Kier alpha value is -3.93. The SMILES string of the molecule is C.COC(=O)C12CCC(CNC(=O)c3cc(C(=O)O)nc4c(F)cnn34)(CC1)CC2.Cc1cc(CN)ccc1F. The summed E-state index contributed by atoms with van der Waals surface area (Å²) in [5.41, 5.74) is 5.62. The maximum absolute atomic E-state index is 13.9. The van der Waals surface area contributed by atoms with Crippen molar-refractivity contribution in [1.82, 2.24) is 19.9 Å². The van der Waals surface area contributed by atoms with Crippen molar-refractivity contribution < 1.29 is 33.0 Å². The van der Waals surface area contributed by atoms with Crippen LogP contribution in [-0.4, -0.2) is 51.2 Å². The molecule has 3 saturated carbocycles. The van der Waals surface area contributed by atoms with Crippen molar-refractivity contribution in [3.05, 3.63) is 64.6 Å². The van der Waals surface area contributed by atoms with Gasteiger partial charge in [-0.3, -0.25) is 9.59 Å². The Morgan fingerprint density at radius 1 is 1.10 bits per heavy atom. The van der Waals surface area contributed by atoms with Crippen LogP contribution in [0.3, 0.4) is 0 Å². The van der Waals surface area contributed by atoms with E-state index < -0.39 is 28.8 Å². The van der Waals surface area contributed by atoms with Gasteiger partial charge in [0.25, 0.3) is 5.91 Å². The number of ether oxygens (including phenoxy) is 1. The largest absolute Gasteiger partial charge is 0.477 e. The Balaban J connectivity index is 0.000000340. The van der Waals surface area contributed by atoms with Crippen LogP contribution in [0.2, 0.25) is 0 Å². The molecule has 2 aromatic heterocycles. The van der Waals surface area contributed by atoms with Crippen molar-refractivity contribution >= 4 is 23.5 Å². The van der Waals surface area contributed by atoms with E-state index in [0.29, 0.717) is 18.7 Å². The Labute approximate surface area is 230 Å². The Morgan fingerprint density at radius 3 is 2.30 bits per heavy atom. The first-order valence-corrected chi connectivity index (χ1v) is 12.6. The Morgan fingerprint density at radius 2 is 1.75 bits per heavy atom. The lowest BCUT2D eigenvalue weighted by molar-refractivity contribution is -0.162. The molecule has 0 unspecified atom stereocenters. The highest BCUT2D eigenvalue weighted by Crippen LogP contribution is 2.57. The van der Waals surface area contributed by atoms with Crippen molar-refractivity contribution in [2.24, 2.45) is 16.6 Å². The average Bonchev–Trinajstić information content (AvgIpc) is 3.34. The second-order valence-electron chi connectivity index (χ2n) is 10.3. The third-order valence-corrected chi connectivity index (χ3v) is 7.98. The van der Waals surface area contributed by atoms with E-state index in [-0.39, 0.29) is 36.0 Å². The average molecular weight is 560 g/mol. The summed E-state index contributed by atoms with van der Waals surface area (Å²) in [7, 11) is 1.41. The fourth-order valence-electron chi connectivity index (χ4n) is 5.45. The highest BCUT2D eigenvalue weighted by Gasteiger charge is 2.53. The number of aryl methyl sites for hydroxylation is 1. The fraction of sp³-hybridized carbons (Fsp3) is 0.464. The number of amides is 1. The van der Waals surface area contributed by atoms with Gasteiger partial charge in [-0.25, -0.2) is 23.1 Å². The molecule has 0 saturated heterocycles. The summed E-state index contributed by atoms with van der Waals surface area (Å²) in [4.78, 5) is 39.9. The van der Waals surface area contributed by atoms with Gasteiger partial charge in [-0.15, -0.1) is 0 Å². The van der Waals surface area contributed by atoms with Gasteiger partial charge in [0, 0.05) is 19.2 Å². The molecule has 0 atom stereocenters. The number of nitrogens with two attached hydrogens (primary N) is 1. The van der Waals surface area contributed by atoms with Crippen LogP contribution in [0.1, 0.15) is 78.1 Å². The molecular weight excluding hydrogens is 524 g/mol.